The minimum absolute atomic E-state index is 0.107. The number of rotatable bonds is 4. The summed E-state index contributed by atoms with van der Waals surface area (Å²) in [5, 5.41) is 9.08. The van der Waals surface area contributed by atoms with Crippen LogP contribution in [0.25, 0.3) is 0 Å². The van der Waals surface area contributed by atoms with Gasteiger partial charge >= 0.3 is 5.97 Å². The smallest absolute Gasteiger partial charge is 0.309 e. The van der Waals surface area contributed by atoms with Gasteiger partial charge in [-0.2, -0.15) is 0 Å². The molecule has 1 heterocycles. The zero-order valence-corrected chi connectivity index (χ0v) is 13.2. The number of carboxylic acid groups (broad SMARTS) is 1. The zero-order chi connectivity index (χ0) is 15.0. The summed E-state index contributed by atoms with van der Waals surface area (Å²) in [5.41, 5.74) is -0.871. The molecule has 20 heavy (non-hydrogen) atoms. The second-order valence-electron chi connectivity index (χ2n) is 6.68. The lowest BCUT2D eigenvalue weighted by Gasteiger charge is -2.39. The van der Waals surface area contributed by atoms with Crippen LogP contribution in [0.4, 0.5) is 0 Å². The highest BCUT2D eigenvalue weighted by atomic mass is 32.2. The maximum Gasteiger partial charge on any atom is 0.309 e. The van der Waals surface area contributed by atoms with Gasteiger partial charge in [-0.1, -0.05) is 12.8 Å². The predicted octanol–water partition coefficient (Wildman–Crippen LogP) is 2.08. The zero-order valence-electron chi connectivity index (χ0n) is 12.3. The van der Waals surface area contributed by atoms with Gasteiger partial charge in [0.05, 0.1) is 10.7 Å². The Balaban J connectivity index is 2.12. The fraction of sp³-hybridized carbons (Fsp3) is 0.929. The Kier molecular flexibility index (Phi) is 4.44. The van der Waals surface area contributed by atoms with Gasteiger partial charge in [-0.25, -0.2) is 12.7 Å². The predicted molar refractivity (Wildman–Crippen MR) is 76.9 cm³/mol. The van der Waals surface area contributed by atoms with E-state index in [1.54, 1.807) is 18.2 Å². The molecular weight excluding hydrogens is 278 g/mol. The summed E-state index contributed by atoms with van der Waals surface area (Å²) in [4.78, 5) is 11.4. The Bertz CT molecular complexity index is 466. The first kappa shape index (κ1) is 15.8. The highest BCUT2D eigenvalue weighted by Gasteiger charge is 2.43. The number of nitrogens with zero attached hydrogens (tertiary/aromatic N) is 1. The van der Waals surface area contributed by atoms with E-state index in [2.05, 4.69) is 0 Å². The molecule has 0 bridgehead atoms. The van der Waals surface area contributed by atoms with Gasteiger partial charge in [0.25, 0.3) is 0 Å². The number of sulfonamides is 1. The third kappa shape index (κ3) is 2.86. The summed E-state index contributed by atoms with van der Waals surface area (Å²) >= 11 is 0. The highest BCUT2D eigenvalue weighted by molar-refractivity contribution is 7.89. The van der Waals surface area contributed by atoms with Gasteiger partial charge in [0.15, 0.2) is 0 Å². The number of carbonyl (C=O) groups is 1. The van der Waals surface area contributed by atoms with Crippen LogP contribution in [0.15, 0.2) is 0 Å². The number of carboxylic acids is 1. The van der Waals surface area contributed by atoms with Crippen LogP contribution in [-0.4, -0.2) is 42.1 Å². The first-order chi connectivity index (χ1) is 9.26. The average molecular weight is 303 g/mol. The van der Waals surface area contributed by atoms with Crippen LogP contribution < -0.4 is 0 Å². The second kappa shape index (κ2) is 5.64. The lowest BCUT2D eigenvalue weighted by Crippen LogP contribution is -2.48. The van der Waals surface area contributed by atoms with Crippen molar-refractivity contribution in [1.29, 1.82) is 0 Å². The largest absolute Gasteiger partial charge is 0.481 e. The SMILES string of the molecule is CC(C)(C(=O)O)C1CCCN(S(=O)(=O)C2CCCC2)C1. The maximum absolute atomic E-state index is 12.6. The third-order valence-corrected chi connectivity index (χ3v) is 7.40. The van der Waals surface area contributed by atoms with Gasteiger partial charge in [0.1, 0.15) is 0 Å². The molecule has 6 heteroatoms. The van der Waals surface area contributed by atoms with Crippen LogP contribution in [0.2, 0.25) is 0 Å². The molecule has 0 amide bonds. The van der Waals surface area contributed by atoms with Gasteiger partial charge in [-0.15, -0.1) is 0 Å². The normalized spacial score (nSPS) is 26.8. The molecule has 1 aliphatic heterocycles. The van der Waals surface area contributed by atoms with Gasteiger partial charge in [0, 0.05) is 13.1 Å². The van der Waals surface area contributed by atoms with Gasteiger partial charge in [0.2, 0.25) is 10.0 Å². The fourth-order valence-corrected chi connectivity index (χ4v) is 5.46. The summed E-state index contributed by atoms with van der Waals surface area (Å²) in [6.07, 6.45) is 5.03. The molecule has 1 unspecified atom stereocenters. The van der Waals surface area contributed by atoms with Crippen molar-refractivity contribution in [2.45, 2.75) is 57.6 Å². The van der Waals surface area contributed by atoms with Crippen LogP contribution in [0, 0.1) is 11.3 Å². The van der Waals surface area contributed by atoms with Crippen LogP contribution in [0.5, 0.6) is 0 Å². The molecule has 1 N–H and O–H groups in total. The maximum atomic E-state index is 12.6. The summed E-state index contributed by atoms with van der Waals surface area (Å²) in [6, 6.07) is 0. The van der Waals surface area contributed by atoms with Gasteiger partial charge in [-0.05, 0) is 45.4 Å². The molecule has 1 atom stereocenters. The minimum atomic E-state index is -3.24. The fourth-order valence-electron chi connectivity index (χ4n) is 3.33. The quantitative estimate of drug-likeness (QED) is 0.863. The van der Waals surface area contributed by atoms with Crippen LogP contribution in [0.3, 0.4) is 0 Å². The summed E-state index contributed by atoms with van der Waals surface area (Å²) in [6.45, 7) is 4.31. The molecule has 0 aromatic carbocycles. The van der Waals surface area contributed by atoms with E-state index in [1.165, 1.54) is 0 Å². The van der Waals surface area contributed by atoms with E-state index in [-0.39, 0.29) is 11.2 Å². The minimum Gasteiger partial charge on any atom is -0.481 e. The average Bonchev–Trinajstić information content (AvgIpc) is 2.93. The Morgan fingerprint density at radius 3 is 2.30 bits per heavy atom. The van der Waals surface area contributed by atoms with E-state index >= 15 is 0 Å². The van der Waals surface area contributed by atoms with Crippen molar-refractivity contribution >= 4 is 16.0 Å². The van der Waals surface area contributed by atoms with E-state index in [4.69, 9.17) is 0 Å². The molecular formula is C14H25NO4S. The molecule has 2 fully saturated rings. The van der Waals surface area contributed by atoms with E-state index in [0.717, 1.165) is 38.5 Å². The first-order valence-corrected chi connectivity index (χ1v) is 8.99. The van der Waals surface area contributed by atoms with Crippen LogP contribution in [-0.2, 0) is 14.8 Å². The Morgan fingerprint density at radius 1 is 1.15 bits per heavy atom. The van der Waals surface area contributed by atoms with Crippen molar-refractivity contribution in [2.24, 2.45) is 11.3 Å². The summed E-state index contributed by atoms with van der Waals surface area (Å²) < 4.78 is 26.8. The third-order valence-electron chi connectivity index (χ3n) is 5.04. The molecule has 1 aliphatic carbocycles. The van der Waals surface area contributed by atoms with E-state index < -0.39 is 21.4 Å². The molecule has 1 saturated carbocycles. The van der Waals surface area contributed by atoms with Crippen molar-refractivity contribution in [3.8, 4) is 0 Å². The van der Waals surface area contributed by atoms with Crippen molar-refractivity contribution in [2.75, 3.05) is 13.1 Å². The lowest BCUT2D eigenvalue weighted by atomic mass is 9.75. The van der Waals surface area contributed by atoms with Crippen LogP contribution >= 0.6 is 0 Å². The van der Waals surface area contributed by atoms with E-state index in [1.807, 2.05) is 0 Å². The van der Waals surface area contributed by atoms with Crippen molar-refractivity contribution < 1.29 is 18.3 Å². The van der Waals surface area contributed by atoms with Gasteiger partial charge in [-0.3, -0.25) is 4.79 Å². The molecule has 0 aromatic heterocycles. The Hall–Kier alpha value is -0.620. The molecule has 2 rings (SSSR count). The van der Waals surface area contributed by atoms with Crippen LogP contribution in [0.1, 0.15) is 52.4 Å². The molecule has 1 saturated heterocycles. The number of aliphatic carboxylic acids is 1. The Morgan fingerprint density at radius 2 is 1.75 bits per heavy atom. The molecule has 2 aliphatic rings. The number of piperidine rings is 1. The number of hydrogen-bond acceptors (Lipinski definition) is 3. The van der Waals surface area contributed by atoms with Crippen molar-refractivity contribution in [1.82, 2.24) is 4.31 Å². The second-order valence-corrected chi connectivity index (χ2v) is 8.89. The first-order valence-electron chi connectivity index (χ1n) is 7.48. The highest BCUT2D eigenvalue weighted by Crippen LogP contribution is 2.37. The van der Waals surface area contributed by atoms with Crippen molar-refractivity contribution in [3.05, 3.63) is 0 Å². The number of hydrogen-bond donors (Lipinski definition) is 1. The summed E-state index contributed by atoms with van der Waals surface area (Å²) in [5.74, 6) is -0.951. The van der Waals surface area contributed by atoms with E-state index in [0.29, 0.717) is 13.1 Å². The topological polar surface area (TPSA) is 74.7 Å². The molecule has 0 spiro atoms. The monoisotopic (exact) mass is 303 g/mol. The Labute approximate surface area is 121 Å². The molecule has 116 valence electrons. The van der Waals surface area contributed by atoms with Gasteiger partial charge < -0.3 is 5.11 Å². The summed E-state index contributed by atoms with van der Waals surface area (Å²) in [7, 11) is -3.24. The molecule has 0 radical (unpaired) electrons. The molecule has 0 aromatic rings. The standard InChI is InChI=1S/C14H25NO4S/c1-14(2,13(16)17)11-6-5-9-15(10-11)20(18,19)12-7-3-4-8-12/h11-12H,3-10H2,1-2H3,(H,16,17). The lowest BCUT2D eigenvalue weighted by molar-refractivity contribution is -0.151. The van der Waals surface area contributed by atoms with E-state index in [9.17, 15) is 18.3 Å². The van der Waals surface area contributed by atoms with Crippen molar-refractivity contribution in [3.63, 3.8) is 0 Å². The molecule has 5 nitrogen and oxygen atoms in total.